The van der Waals surface area contributed by atoms with Crippen LogP contribution in [0, 0.1) is 0 Å². The van der Waals surface area contributed by atoms with Crippen molar-refractivity contribution in [2.24, 2.45) is 0 Å². The molecule has 1 aromatic carbocycles. The lowest BCUT2D eigenvalue weighted by atomic mass is 10.00. The number of rotatable bonds is 5. The van der Waals surface area contributed by atoms with Crippen molar-refractivity contribution in [2.75, 3.05) is 6.54 Å². The minimum atomic E-state index is -0.221. The molecule has 3 rings (SSSR count). The predicted molar refractivity (Wildman–Crippen MR) is 94.7 cm³/mol. The second-order valence-electron chi connectivity index (χ2n) is 6.09. The van der Waals surface area contributed by atoms with Crippen LogP contribution in [0.1, 0.15) is 39.5 Å². The molecule has 0 saturated carbocycles. The highest BCUT2D eigenvalue weighted by Crippen LogP contribution is 2.29. The normalized spacial score (nSPS) is 19.2. The van der Waals surface area contributed by atoms with Crippen molar-refractivity contribution in [3.8, 4) is 11.5 Å². The Hall–Kier alpha value is -1.82. The monoisotopic (exact) mass is 345 g/mol. The maximum Gasteiger partial charge on any atom is 0.277 e. The molecule has 24 heavy (non-hydrogen) atoms. The van der Waals surface area contributed by atoms with Crippen molar-refractivity contribution in [3.05, 3.63) is 30.3 Å². The van der Waals surface area contributed by atoms with Gasteiger partial charge in [0.25, 0.3) is 5.22 Å². The van der Waals surface area contributed by atoms with E-state index in [0.29, 0.717) is 17.2 Å². The molecular formula is C18H23N3O2S. The third-order valence-electron chi connectivity index (χ3n) is 4.43. The van der Waals surface area contributed by atoms with Gasteiger partial charge in [-0.25, -0.2) is 0 Å². The number of aromatic nitrogens is 2. The third kappa shape index (κ3) is 3.80. The molecule has 1 aliphatic heterocycles. The summed E-state index contributed by atoms with van der Waals surface area (Å²) in [6, 6.07) is 10.0. The van der Waals surface area contributed by atoms with Crippen LogP contribution in [-0.4, -0.2) is 38.8 Å². The molecule has 2 aromatic rings. The fourth-order valence-electron chi connectivity index (χ4n) is 3.11. The van der Waals surface area contributed by atoms with E-state index >= 15 is 0 Å². The van der Waals surface area contributed by atoms with E-state index in [1.807, 2.05) is 42.2 Å². The molecule has 2 atom stereocenters. The summed E-state index contributed by atoms with van der Waals surface area (Å²) < 4.78 is 5.70. The molecule has 0 spiro atoms. The van der Waals surface area contributed by atoms with Gasteiger partial charge in [-0.3, -0.25) is 4.79 Å². The molecule has 0 aliphatic carbocycles. The van der Waals surface area contributed by atoms with Gasteiger partial charge in [-0.1, -0.05) is 36.9 Å². The fourth-order valence-corrected chi connectivity index (χ4v) is 3.86. The minimum Gasteiger partial charge on any atom is -0.411 e. The van der Waals surface area contributed by atoms with Gasteiger partial charge >= 0.3 is 0 Å². The number of carbonyl (C=O) groups excluding carboxylic acids is 1. The average molecular weight is 345 g/mol. The van der Waals surface area contributed by atoms with Crippen molar-refractivity contribution in [2.45, 2.75) is 56.0 Å². The number of piperidine rings is 1. The molecule has 0 bridgehead atoms. The number of amides is 1. The number of likely N-dealkylation sites (tertiary alicyclic amines) is 1. The maximum absolute atomic E-state index is 12.8. The molecule has 1 amide bonds. The first kappa shape index (κ1) is 17.0. The molecule has 1 saturated heterocycles. The quantitative estimate of drug-likeness (QED) is 0.766. The molecule has 128 valence electrons. The highest BCUT2D eigenvalue weighted by molar-refractivity contribution is 8.00. The number of hydrogen-bond donors (Lipinski definition) is 0. The van der Waals surface area contributed by atoms with Gasteiger partial charge in [-0.15, -0.1) is 10.2 Å². The highest BCUT2D eigenvalue weighted by atomic mass is 32.2. The van der Waals surface area contributed by atoms with E-state index in [0.717, 1.165) is 31.4 Å². The zero-order chi connectivity index (χ0) is 16.9. The Bertz CT molecular complexity index is 674. The molecule has 6 heteroatoms. The van der Waals surface area contributed by atoms with Gasteiger partial charge in [0.05, 0.1) is 5.25 Å². The lowest BCUT2D eigenvalue weighted by Crippen LogP contribution is -2.46. The van der Waals surface area contributed by atoms with E-state index in [4.69, 9.17) is 4.42 Å². The van der Waals surface area contributed by atoms with Crippen molar-refractivity contribution >= 4 is 17.7 Å². The number of nitrogens with zero attached hydrogens (tertiary/aromatic N) is 3. The van der Waals surface area contributed by atoms with Crippen LogP contribution in [-0.2, 0) is 4.79 Å². The topological polar surface area (TPSA) is 59.2 Å². The summed E-state index contributed by atoms with van der Waals surface area (Å²) in [6.07, 6.45) is 4.44. The highest BCUT2D eigenvalue weighted by Gasteiger charge is 2.30. The maximum atomic E-state index is 12.8. The molecule has 1 aliphatic rings. The van der Waals surface area contributed by atoms with Gasteiger partial charge in [0.2, 0.25) is 11.8 Å². The van der Waals surface area contributed by atoms with Crippen LogP contribution in [0.3, 0.4) is 0 Å². The summed E-state index contributed by atoms with van der Waals surface area (Å²) in [5.41, 5.74) is 0.887. The molecule has 5 nitrogen and oxygen atoms in total. The van der Waals surface area contributed by atoms with Gasteiger partial charge in [-0.05, 0) is 44.7 Å². The smallest absolute Gasteiger partial charge is 0.277 e. The van der Waals surface area contributed by atoms with Gasteiger partial charge < -0.3 is 9.32 Å². The number of hydrogen-bond acceptors (Lipinski definition) is 5. The van der Waals surface area contributed by atoms with E-state index in [1.165, 1.54) is 18.2 Å². The van der Waals surface area contributed by atoms with Crippen LogP contribution >= 0.6 is 11.8 Å². The van der Waals surface area contributed by atoms with Crippen molar-refractivity contribution in [1.82, 2.24) is 15.1 Å². The number of benzene rings is 1. The third-order valence-corrected chi connectivity index (χ3v) is 5.36. The van der Waals surface area contributed by atoms with Gasteiger partial charge in [0, 0.05) is 18.2 Å². The summed E-state index contributed by atoms with van der Waals surface area (Å²) >= 11 is 1.34. The van der Waals surface area contributed by atoms with Gasteiger partial charge in [0.1, 0.15) is 0 Å². The zero-order valence-corrected chi connectivity index (χ0v) is 15.0. The zero-order valence-electron chi connectivity index (χ0n) is 14.1. The van der Waals surface area contributed by atoms with E-state index in [-0.39, 0.29) is 11.2 Å². The largest absolute Gasteiger partial charge is 0.411 e. The molecular weight excluding hydrogens is 322 g/mol. The second-order valence-corrected chi connectivity index (χ2v) is 7.38. The molecule has 0 radical (unpaired) electrons. The van der Waals surface area contributed by atoms with Crippen LogP contribution in [0.5, 0.6) is 0 Å². The molecule has 2 unspecified atom stereocenters. The van der Waals surface area contributed by atoms with Crippen molar-refractivity contribution in [1.29, 1.82) is 0 Å². The molecule has 1 aromatic heterocycles. The summed E-state index contributed by atoms with van der Waals surface area (Å²) in [5, 5.41) is 8.38. The molecule has 1 fully saturated rings. The Morgan fingerprint density at radius 1 is 1.33 bits per heavy atom. The standard InChI is InChI=1S/C18H23N3O2S/c1-3-15-11-7-8-12-21(15)17(22)13(2)24-18-20-19-16(23-18)14-9-5-4-6-10-14/h4-6,9-10,13,15H,3,7-8,11-12H2,1-2H3. The minimum absolute atomic E-state index is 0.172. The Morgan fingerprint density at radius 3 is 2.88 bits per heavy atom. The molecule has 0 N–H and O–H groups in total. The summed E-state index contributed by atoms with van der Waals surface area (Å²) in [5.74, 6) is 0.660. The van der Waals surface area contributed by atoms with Crippen LogP contribution in [0.25, 0.3) is 11.5 Å². The Balaban J connectivity index is 1.65. The summed E-state index contributed by atoms with van der Waals surface area (Å²) in [7, 11) is 0. The Labute approximate surface area is 146 Å². The SMILES string of the molecule is CCC1CCCCN1C(=O)C(C)Sc1nnc(-c2ccccc2)o1. The predicted octanol–water partition coefficient (Wildman–Crippen LogP) is 4.01. The first-order valence-corrected chi connectivity index (χ1v) is 9.43. The van der Waals surface area contributed by atoms with E-state index in [1.54, 1.807) is 0 Å². The van der Waals surface area contributed by atoms with Crippen LogP contribution in [0.4, 0.5) is 0 Å². The first-order valence-electron chi connectivity index (χ1n) is 8.55. The number of thioether (sulfide) groups is 1. The lowest BCUT2D eigenvalue weighted by Gasteiger charge is -2.36. The Kier molecular flexibility index (Phi) is 5.56. The van der Waals surface area contributed by atoms with E-state index in [9.17, 15) is 4.79 Å². The van der Waals surface area contributed by atoms with Crippen LogP contribution < -0.4 is 0 Å². The first-order chi connectivity index (χ1) is 11.7. The average Bonchev–Trinajstić information content (AvgIpc) is 3.10. The van der Waals surface area contributed by atoms with Crippen molar-refractivity contribution in [3.63, 3.8) is 0 Å². The second kappa shape index (κ2) is 7.83. The van der Waals surface area contributed by atoms with Gasteiger partial charge in [-0.2, -0.15) is 0 Å². The fraction of sp³-hybridized carbons (Fsp3) is 0.500. The van der Waals surface area contributed by atoms with Gasteiger partial charge in [0.15, 0.2) is 0 Å². The van der Waals surface area contributed by atoms with E-state index < -0.39 is 0 Å². The van der Waals surface area contributed by atoms with Crippen LogP contribution in [0.2, 0.25) is 0 Å². The Morgan fingerprint density at radius 2 is 2.12 bits per heavy atom. The van der Waals surface area contributed by atoms with Crippen LogP contribution in [0.15, 0.2) is 40.0 Å². The van der Waals surface area contributed by atoms with Crippen molar-refractivity contribution < 1.29 is 9.21 Å². The molecule has 2 heterocycles. The number of carbonyl (C=O) groups is 1. The lowest BCUT2D eigenvalue weighted by molar-refractivity contribution is -0.134. The van der Waals surface area contributed by atoms with E-state index in [2.05, 4.69) is 17.1 Å². The summed E-state index contributed by atoms with van der Waals surface area (Å²) in [4.78, 5) is 14.8. The summed E-state index contributed by atoms with van der Waals surface area (Å²) in [6.45, 7) is 4.93.